The summed E-state index contributed by atoms with van der Waals surface area (Å²) in [6.45, 7) is 3.48. The van der Waals surface area contributed by atoms with Gasteiger partial charge in [0.2, 0.25) is 5.91 Å². The molecule has 0 atom stereocenters. The Morgan fingerprint density at radius 3 is 2.42 bits per heavy atom. The predicted molar refractivity (Wildman–Crippen MR) is 99.8 cm³/mol. The normalized spacial score (nSPS) is 10.1. The van der Waals surface area contributed by atoms with Crippen LogP contribution in [0.2, 0.25) is 0 Å². The number of nitrogens with one attached hydrogen (secondary N) is 1. The van der Waals surface area contributed by atoms with Crippen LogP contribution in [0.25, 0.3) is 0 Å². The molecule has 0 bridgehead atoms. The number of amides is 2. The van der Waals surface area contributed by atoms with Crippen molar-refractivity contribution in [2.45, 2.75) is 13.8 Å². The molecule has 1 N–H and O–H groups in total. The lowest BCUT2D eigenvalue weighted by Gasteiger charge is -2.22. The molecule has 0 heterocycles. The molecule has 136 valence electrons. The largest absolute Gasteiger partial charge is 0.496 e. The van der Waals surface area contributed by atoms with Gasteiger partial charge in [-0.1, -0.05) is 24.3 Å². The van der Waals surface area contributed by atoms with Crippen LogP contribution < -0.4 is 15.0 Å². The number of nitrogens with zero attached hydrogens (tertiary/aromatic N) is 1. The zero-order chi connectivity index (χ0) is 19.1. The molecular weight excluding hydrogens is 332 g/mol. The lowest BCUT2D eigenvalue weighted by Crippen LogP contribution is -2.37. The van der Waals surface area contributed by atoms with Crippen LogP contribution in [-0.4, -0.2) is 37.8 Å². The Morgan fingerprint density at radius 2 is 1.77 bits per heavy atom. The number of anilines is 1. The first-order chi connectivity index (χ1) is 12.4. The summed E-state index contributed by atoms with van der Waals surface area (Å²) in [4.78, 5) is 37.4. The first kappa shape index (κ1) is 19.2. The van der Waals surface area contributed by atoms with Crippen LogP contribution in [-0.2, 0) is 4.79 Å². The van der Waals surface area contributed by atoms with E-state index in [0.717, 1.165) is 0 Å². The van der Waals surface area contributed by atoms with Gasteiger partial charge in [-0.15, -0.1) is 0 Å². The third-order valence-electron chi connectivity index (χ3n) is 3.92. The molecule has 0 spiro atoms. The van der Waals surface area contributed by atoms with Crippen LogP contribution in [0.3, 0.4) is 0 Å². The average Bonchev–Trinajstić information content (AvgIpc) is 2.64. The lowest BCUT2D eigenvalue weighted by atomic mass is 10.1. The number of methoxy groups -OCH3 is 1. The Balaban J connectivity index is 2.05. The maximum Gasteiger partial charge on any atom is 0.255 e. The molecule has 0 aromatic heterocycles. The van der Waals surface area contributed by atoms with E-state index < -0.39 is 0 Å². The molecule has 0 aliphatic rings. The van der Waals surface area contributed by atoms with E-state index in [1.54, 1.807) is 48.5 Å². The maximum absolute atomic E-state index is 12.3. The molecule has 2 aromatic rings. The Hall–Kier alpha value is -3.15. The monoisotopic (exact) mass is 354 g/mol. The maximum atomic E-state index is 12.3. The summed E-state index contributed by atoms with van der Waals surface area (Å²) >= 11 is 0. The second-order valence-corrected chi connectivity index (χ2v) is 5.73. The third-order valence-corrected chi connectivity index (χ3v) is 3.92. The minimum atomic E-state index is -0.275. The van der Waals surface area contributed by atoms with Crippen molar-refractivity contribution in [3.8, 4) is 5.75 Å². The van der Waals surface area contributed by atoms with Crippen molar-refractivity contribution in [1.29, 1.82) is 0 Å². The number of rotatable bonds is 7. The quantitative estimate of drug-likeness (QED) is 0.776. The Kier molecular flexibility index (Phi) is 6.49. The molecule has 0 saturated heterocycles. The van der Waals surface area contributed by atoms with Gasteiger partial charge in [0.1, 0.15) is 5.75 Å². The summed E-state index contributed by atoms with van der Waals surface area (Å²) in [5.74, 6) is -0.0249. The lowest BCUT2D eigenvalue weighted by molar-refractivity contribution is -0.116. The number of carbonyl (C=O) groups excluding carboxylic acids is 3. The molecule has 0 saturated carbocycles. The highest BCUT2D eigenvalue weighted by Crippen LogP contribution is 2.18. The van der Waals surface area contributed by atoms with Crippen LogP contribution in [0.5, 0.6) is 5.75 Å². The molecule has 6 nitrogen and oxygen atoms in total. The van der Waals surface area contributed by atoms with E-state index in [1.807, 2.05) is 0 Å². The number of para-hydroxylation sites is 1. The van der Waals surface area contributed by atoms with Crippen molar-refractivity contribution < 1.29 is 19.1 Å². The standard InChI is InChI=1S/C20H22N2O4/c1-14(23)16-7-6-8-17(13-16)22(15(2)24)12-11-21-20(25)18-9-4-5-10-19(18)26-3/h4-10,13H,11-12H2,1-3H3,(H,21,25). The SMILES string of the molecule is COc1ccccc1C(=O)NCCN(C(C)=O)c1cccc(C(C)=O)c1. The summed E-state index contributed by atoms with van der Waals surface area (Å²) in [6.07, 6.45) is 0. The summed E-state index contributed by atoms with van der Waals surface area (Å²) in [6, 6.07) is 13.8. The highest BCUT2D eigenvalue weighted by molar-refractivity contribution is 5.98. The second-order valence-electron chi connectivity index (χ2n) is 5.73. The van der Waals surface area contributed by atoms with Gasteiger partial charge in [0, 0.05) is 31.3 Å². The van der Waals surface area contributed by atoms with Crippen LogP contribution in [0.1, 0.15) is 34.6 Å². The summed E-state index contributed by atoms with van der Waals surface area (Å²) < 4.78 is 5.18. The minimum absolute atomic E-state index is 0.0696. The van der Waals surface area contributed by atoms with Crippen molar-refractivity contribution in [3.63, 3.8) is 0 Å². The van der Waals surface area contributed by atoms with Gasteiger partial charge in [-0.25, -0.2) is 0 Å². The fourth-order valence-corrected chi connectivity index (χ4v) is 2.57. The van der Waals surface area contributed by atoms with Gasteiger partial charge in [-0.3, -0.25) is 14.4 Å². The number of ketones is 1. The molecule has 2 rings (SSSR count). The third kappa shape index (κ3) is 4.69. The van der Waals surface area contributed by atoms with Gasteiger partial charge < -0.3 is 15.0 Å². The predicted octanol–water partition coefficient (Wildman–Crippen LogP) is 2.68. The molecule has 6 heteroatoms. The molecule has 0 radical (unpaired) electrons. The Morgan fingerprint density at radius 1 is 1.04 bits per heavy atom. The highest BCUT2D eigenvalue weighted by Gasteiger charge is 2.15. The molecular formula is C20H22N2O4. The topological polar surface area (TPSA) is 75.7 Å². The van der Waals surface area contributed by atoms with Crippen LogP contribution >= 0.6 is 0 Å². The molecule has 26 heavy (non-hydrogen) atoms. The van der Waals surface area contributed by atoms with E-state index in [-0.39, 0.29) is 30.7 Å². The first-order valence-electron chi connectivity index (χ1n) is 8.24. The van der Waals surface area contributed by atoms with Gasteiger partial charge in [0.05, 0.1) is 12.7 Å². The molecule has 0 aliphatic carbocycles. The molecule has 2 aromatic carbocycles. The Labute approximate surface area is 152 Å². The smallest absolute Gasteiger partial charge is 0.255 e. The van der Waals surface area contributed by atoms with Crippen molar-refractivity contribution in [1.82, 2.24) is 5.32 Å². The van der Waals surface area contributed by atoms with Gasteiger partial charge in [-0.2, -0.15) is 0 Å². The number of carbonyl (C=O) groups is 3. The van der Waals surface area contributed by atoms with E-state index >= 15 is 0 Å². The van der Waals surface area contributed by atoms with Crippen LogP contribution in [0.4, 0.5) is 5.69 Å². The second kappa shape index (κ2) is 8.80. The molecule has 2 amide bonds. The van der Waals surface area contributed by atoms with Crippen LogP contribution in [0.15, 0.2) is 48.5 Å². The van der Waals surface area contributed by atoms with Crippen LogP contribution in [0, 0.1) is 0 Å². The van der Waals surface area contributed by atoms with Gasteiger partial charge >= 0.3 is 0 Å². The number of hydrogen-bond acceptors (Lipinski definition) is 4. The zero-order valence-electron chi connectivity index (χ0n) is 15.1. The number of hydrogen-bond donors (Lipinski definition) is 1. The van der Waals surface area contributed by atoms with Crippen molar-refractivity contribution in [3.05, 3.63) is 59.7 Å². The zero-order valence-corrected chi connectivity index (χ0v) is 15.1. The fraction of sp³-hybridized carbons (Fsp3) is 0.250. The fourth-order valence-electron chi connectivity index (χ4n) is 2.57. The highest BCUT2D eigenvalue weighted by atomic mass is 16.5. The molecule has 0 aliphatic heterocycles. The number of Topliss-reactive ketones (excluding diaryl/α,β-unsaturated/α-hetero) is 1. The first-order valence-corrected chi connectivity index (χ1v) is 8.24. The minimum Gasteiger partial charge on any atom is -0.496 e. The van der Waals surface area contributed by atoms with Gasteiger partial charge in [0.25, 0.3) is 5.91 Å². The van der Waals surface area contributed by atoms with Gasteiger partial charge in [-0.05, 0) is 31.2 Å². The summed E-state index contributed by atoms with van der Waals surface area (Å²) in [5, 5.41) is 2.79. The van der Waals surface area contributed by atoms with E-state index in [4.69, 9.17) is 4.74 Å². The van der Waals surface area contributed by atoms with E-state index in [2.05, 4.69) is 5.32 Å². The summed E-state index contributed by atoms with van der Waals surface area (Å²) in [7, 11) is 1.51. The average molecular weight is 354 g/mol. The van der Waals surface area contributed by atoms with E-state index in [9.17, 15) is 14.4 Å². The van der Waals surface area contributed by atoms with Gasteiger partial charge in [0.15, 0.2) is 5.78 Å². The van der Waals surface area contributed by atoms with E-state index in [1.165, 1.54) is 25.9 Å². The number of ether oxygens (including phenoxy) is 1. The van der Waals surface area contributed by atoms with Crippen molar-refractivity contribution >= 4 is 23.3 Å². The van der Waals surface area contributed by atoms with Crippen molar-refractivity contribution in [2.24, 2.45) is 0 Å². The van der Waals surface area contributed by atoms with Crippen molar-refractivity contribution in [2.75, 3.05) is 25.1 Å². The molecule has 0 fully saturated rings. The molecule has 0 unspecified atom stereocenters. The number of benzene rings is 2. The van der Waals surface area contributed by atoms with E-state index in [0.29, 0.717) is 22.6 Å². The Bertz CT molecular complexity index is 817. The summed E-state index contributed by atoms with van der Waals surface area (Å²) in [5.41, 5.74) is 1.59.